The van der Waals surface area contributed by atoms with Crippen LogP contribution in [0.2, 0.25) is 0 Å². The molecule has 0 aliphatic carbocycles. The highest BCUT2D eigenvalue weighted by atomic mass is 32.1. The molecular formula is C14H24N2OS. The van der Waals surface area contributed by atoms with Crippen LogP contribution in [0.4, 0.5) is 0 Å². The summed E-state index contributed by atoms with van der Waals surface area (Å²) in [6.45, 7) is 8.29. The minimum absolute atomic E-state index is 0.0474. The highest BCUT2D eigenvalue weighted by Gasteiger charge is 2.39. The van der Waals surface area contributed by atoms with Crippen LogP contribution in [0.3, 0.4) is 0 Å². The molecule has 18 heavy (non-hydrogen) atoms. The monoisotopic (exact) mass is 268 g/mol. The quantitative estimate of drug-likeness (QED) is 0.890. The number of ether oxygens (including phenoxy) is 1. The van der Waals surface area contributed by atoms with Gasteiger partial charge in [-0.25, -0.2) is 4.98 Å². The van der Waals surface area contributed by atoms with Crippen molar-refractivity contribution in [1.29, 1.82) is 0 Å². The van der Waals surface area contributed by atoms with Crippen molar-refractivity contribution < 1.29 is 4.74 Å². The van der Waals surface area contributed by atoms with Gasteiger partial charge in [0.15, 0.2) is 0 Å². The molecule has 2 heterocycles. The van der Waals surface area contributed by atoms with Gasteiger partial charge in [0.25, 0.3) is 0 Å². The normalized spacial score (nSPS) is 28.5. The first-order chi connectivity index (χ1) is 8.70. The van der Waals surface area contributed by atoms with Crippen molar-refractivity contribution in [3.05, 3.63) is 16.1 Å². The zero-order chi connectivity index (χ0) is 13.0. The number of rotatable bonds is 5. The maximum Gasteiger partial charge on any atom is 0.113 e. The van der Waals surface area contributed by atoms with E-state index in [1.165, 1.54) is 11.4 Å². The third-order valence-electron chi connectivity index (χ3n) is 3.61. The van der Waals surface area contributed by atoms with Crippen molar-refractivity contribution in [3.8, 4) is 0 Å². The molecule has 1 aliphatic rings. The first-order valence-electron chi connectivity index (χ1n) is 6.99. The molecule has 1 aromatic heterocycles. The maximum absolute atomic E-state index is 5.89. The molecule has 0 saturated carbocycles. The molecular weight excluding hydrogens is 244 g/mol. The first-order valence-corrected chi connectivity index (χ1v) is 7.87. The lowest BCUT2D eigenvalue weighted by Gasteiger charge is -2.40. The van der Waals surface area contributed by atoms with Crippen molar-refractivity contribution in [3.63, 3.8) is 0 Å². The fourth-order valence-electron chi connectivity index (χ4n) is 2.80. The molecule has 4 heteroatoms. The Morgan fingerprint density at radius 1 is 1.56 bits per heavy atom. The van der Waals surface area contributed by atoms with E-state index in [1.807, 2.05) is 0 Å². The molecule has 2 rings (SSSR count). The second-order valence-electron chi connectivity index (χ2n) is 5.14. The van der Waals surface area contributed by atoms with E-state index in [9.17, 15) is 0 Å². The Morgan fingerprint density at radius 2 is 2.39 bits per heavy atom. The molecule has 0 radical (unpaired) electrons. The van der Waals surface area contributed by atoms with Crippen LogP contribution in [-0.4, -0.2) is 24.2 Å². The average Bonchev–Trinajstić information content (AvgIpc) is 2.78. The maximum atomic E-state index is 5.89. The highest BCUT2D eigenvalue weighted by Crippen LogP contribution is 2.37. The second-order valence-corrected chi connectivity index (χ2v) is 6.00. The highest BCUT2D eigenvalue weighted by molar-refractivity contribution is 7.09. The minimum Gasteiger partial charge on any atom is -0.378 e. The van der Waals surface area contributed by atoms with Crippen molar-refractivity contribution in [2.24, 2.45) is 0 Å². The van der Waals surface area contributed by atoms with Crippen LogP contribution in [0.5, 0.6) is 0 Å². The summed E-state index contributed by atoms with van der Waals surface area (Å²) in [6.07, 6.45) is 4.81. The molecule has 2 unspecified atom stereocenters. The first kappa shape index (κ1) is 14.0. The smallest absolute Gasteiger partial charge is 0.113 e. The standard InChI is InChI=1S/C14H24N2OS/c1-4-6-12-9-14(15-5-2,7-8-17-12)13-16-11(3)10-18-13/h10,12,15H,4-9H2,1-3H3. The Morgan fingerprint density at radius 3 is 3.00 bits per heavy atom. The zero-order valence-corrected chi connectivity index (χ0v) is 12.5. The average molecular weight is 268 g/mol. The number of thiazole rings is 1. The van der Waals surface area contributed by atoms with E-state index in [2.05, 4.69) is 31.5 Å². The van der Waals surface area contributed by atoms with Crippen molar-refractivity contribution in [2.45, 2.75) is 58.1 Å². The molecule has 2 atom stereocenters. The summed E-state index contributed by atoms with van der Waals surface area (Å²) in [5, 5.41) is 7.08. The zero-order valence-electron chi connectivity index (χ0n) is 11.7. The predicted octanol–water partition coefficient (Wildman–Crippen LogP) is 3.24. The van der Waals surface area contributed by atoms with Gasteiger partial charge in [-0.2, -0.15) is 0 Å². The number of nitrogens with one attached hydrogen (secondary N) is 1. The number of nitrogens with zero attached hydrogens (tertiary/aromatic N) is 1. The van der Waals surface area contributed by atoms with Crippen molar-refractivity contribution in [1.82, 2.24) is 10.3 Å². The van der Waals surface area contributed by atoms with Gasteiger partial charge in [-0.1, -0.05) is 20.3 Å². The van der Waals surface area contributed by atoms with Crippen LogP contribution < -0.4 is 5.32 Å². The summed E-state index contributed by atoms with van der Waals surface area (Å²) < 4.78 is 5.89. The van der Waals surface area contributed by atoms with Gasteiger partial charge in [-0.05, 0) is 32.7 Å². The largest absolute Gasteiger partial charge is 0.378 e. The Bertz CT molecular complexity index is 374. The van der Waals surface area contributed by atoms with Gasteiger partial charge in [0, 0.05) is 17.7 Å². The Balaban J connectivity index is 2.20. The van der Waals surface area contributed by atoms with Gasteiger partial charge in [0.05, 0.1) is 11.6 Å². The second kappa shape index (κ2) is 6.13. The van der Waals surface area contributed by atoms with E-state index in [0.29, 0.717) is 6.10 Å². The molecule has 1 fully saturated rings. The van der Waals surface area contributed by atoms with Gasteiger partial charge in [0.1, 0.15) is 5.01 Å². The SMILES string of the molecule is CCCC1CC(NCC)(c2nc(C)cs2)CCO1. The third kappa shape index (κ3) is 2.92. The molecule has 1 aliphatic heterocycles. The van der Waals surface area contributed by atoms with Gasteiger partial charge < -0.3 is 10.1 Å². The summed E-state index contributed by atoms with van der Waals surface area (Å²) in [5.41, 5.74) is 1.18. The van der Waals surface area contributed by atoms with Crippen LogP contribution in [-0.2, 0) is 10.3 Å². The fraction of sp³-hybridized carbons (Fsp3) is 0.786. The van der Waals surface area contributed by atoms with E-state index >= 15 is 0 Å². The van der Waals surface area contributed by atoms with Crippen LogP contribution >= 0.6 is 11.3 Å². The summed E-state index contributed by atoms with van der Waals surface area (Å²) >= 11 is 1.79. The van der Waals surface area contributed by atoms with Gasteiger partial charge >= 0.3 is 0 Å². The van der Waals surface area contributed by atoms with E-state index < -0.39 is 0 Å². The van der Waals surface area contributed by atoms with Crippen LogP contribution in [0.25, 0.3) is 0 Å². The van der Waals surface area contributed by atoms with Gasteiger partial charge in [-0.15, -0.1) is 11.3 Å². The fourth-order valence-corrected chi connectivity index (χ4v) is 3.81. The Kier molecular flexibility index (Phi) is 4.76. The Hall–Kier alpha value is -0.450. The van der Waals surface area contributed by atoms with Crippen LogP contribution in [0.1, 0.15) is 50.2 Å². The molecule has 3 nitrogen and oxygen atoms in total. The van der Waals surface area contributed by atoms with Crippen LogP contribution in [0.15, 0.2) is 5.38 Å². The van der Waals surface area contributed by atoms with E-state index in [0.717, 1.165) is 38.1 Å². The number of hydrogen-bond donors (Lipinski definition) is 1. The molecule has 0 aromatic carbocycles. The summed E-state index contributed by atoms with van der Waals surface area (Å²) in [5.74, 6) is 0. The predicted molar refractivity (Wildman–Crippen MR) is 76.1 cm³/mol. The molecule has 0 bridgehead atoms. The molecule has 0 spiro atoms. The lowest BCUT2D eigenvalue weighted by molar-refractivity contribution is -0.0345. The topological polar surface area (TPSA) is 34.2 Å². The summed E-state index contributed by atoms with van der Waals surface area (Å²) in [6, 6.07) is 0. The van der Waals surface area contributed by atoms with E-state index in [-0.39, 0.29) is 5.54 Å². The number of hydrogen-bond acceptors (Lipinski definition) is 4. The van der Waals surface area contributed by atoms with Gasteiger partial charge in [0.2, 0.25) is 0 Å². The van der Waals surface area contributed by atoms with E-state index in [1.54, 1.807) is 11.3 Å². The number of aryl methyl sites for hydroxylation is 1. The lowest BCUT2D eigenvalue weighted by Crippen LogP contribution is -2.49. The molecule has 102 valence electrons. The van der Waals surface area contributed by atoms with Crippen molar-refractivity contribution in [2.75, 3.05) is 13.2 Å². The molecule has 1 aromatic rings. The molecule has 0 amide bonds. The van der Waals surface area contributed by atoms with Gasteiger partial charge in [-0.3, -0.25) is 0 Å². The molecule has 1 N–H and O–H groups in total. The van der Waals surface area contributed by atoms with E-state index in [4.69, 9.17) is 9.72 Å². The molecule has 1 saturated heterocycles. The number of aromatic nitrogens is 1. The minimum atomic E-state index is 0.0474. The third-order valence-corrected chi connectivity index (χ3v) is 4.78. The summed E-state index contributed by atoms with van der Waals surface area (Å²) in [7, 11) is 0. The lowest BCUT2D eigenvalue weighted by atomic mass is 9.85. The summed E-state index contributed by atoms with van der Waals surface area (Å²) in [4.78, 5) is 4.72. The van der Waals surface area contributed by atoms with Crippen LogP contribution in [0, 0.1) is 6.92 Å². The van der Waals surface area contributed by atoms with Crippen molar-refractivity contribution >= 4 is 11.3 Å². The Labute approximate surface area is 114 Å².